The van der Waals surface area contributed by atoms with Crippen molar-refractivity contribution < 1.29 is 9.59 Å². The SMILES string of the molecule is Cc1ccc(C)c(C(=O)N2CCN(CC(=O)Nc3ccccc3)CC2)c1. The lowest BCUT2D eigenvalue weighted by Gasteiger charge is -2.34. The largest absolute Gasteiger partial charge is 0.336 e. The summed E-state index contributed by atoms with van der Waals surface area (Å²) in [5.74, 6) is 0.0603. The molecule has 0 bridgehead atoms. The number of carbonyl (C=O) groups excluding carboxylic acids is 2. The summed E-state index contributed by atoms with van der Waals surface area (Å²) in [4.78, 5) is 28.9. The number of nitrogens with zero attached hydrogens (tertiary/aromatic N) is 2. The van der Waals surface area contributed by atoms with Crippen molar-refractivity contribution in [1.82, 2.24) is 9.80 Å². The number of rotatable bonds is 4. The van der Waals surface area contributed by atoms with Crippen molar-refractivity contribution in [3.05, 3.63) is 65.2 Å². The molecule has 2 aromatic carbocycles. The molecule has 0 atom stereocenters. The fraction of sp³-hybridized carbons (Fsp3) is 0.333. The number of hydrogen-bond donors (Lipinski definition) is 1. The molecule has 136 valence electrons. The summed E-state index contributed by atoms with van der Waals surface area (Å²) in [5, 5.41) is 2.90. The van der Waals surface area contributed by atoms with Crippen LogP contribution in [0.15, 0.2) is 48.5 Å². The summed E-state index contributed by atoms with van der Waals surface area (Å²) in [6, 6.07) is 15.4. The standard InChI is InChI=1S/C21H25N3O2/c1-16-8-9-17(2)19(14-16)21(26)24-12-10-23(11-13-24)15-20(25)22-18-6-4-3-5-7-18/h3-9,14H,10-13,15H2,1-2H3,(H,22,25). The molecule has 5 nitrogen and oxygen atoms in total. The second kappa shape index (κ2) is 8.15. The maximum Gasteiger partial charge on any atom is 0.254 e. The van der Waals surface area contributed by atoms with Crippen LogP contribution in [0.1, 0.15) is 21.5 Å². The van der Waals surface area contributed by atoms with E-state index in [-0.39, 0.29) is 11.8 Å². The van der Waals surface area contributed by atoms with Gasteiger partial charge < -0.3 is 10.2 Å². The van der Waals surface area contributed by atoms with E-state index in [4.69, 9.17) is 0 Å². The summed E-state index contributed by atoms with van der Waals surface area (Å²) in [6.45, 7) is 7.02. The second-order valence-corrected chi connectivity index (χ2v) is 6.80. The van der Waals surface area contributed by atoms with Gasteiger partial charge in [0, 0.05) is 37.4 Å². The number of hydrogen-bond acceptors (Lipinski definition) is 3. The lowest BCUT2D eigenvalue weighted by atomic mass is 10.0. The van der Waals surface area contributed by atoms with Crippen LogP contribution in [0.25, 0.3) is 0 Å². The summed E-state index contributed by atoms with van der Waals surface area (Å²) in [6.07, 6.45) is 0. The summed E-state index contributed by atoms with van der Waals surface area (Å²) >= 11 is 0. The molecule has 1 aliphatic heterocycles. The number of carbonyl (C=O) groups is 2. The lowest BCUT2D eigenvalue weighted by molar-refractivity contribution is -0.117. The molecule has 0 aliphatic carbocycles. The van der Waals surface area contributed by atoms with Crippen molar-refractivity contribution >= 4 is 17.5 Å². The van der Waals surface area contributed by atoms with Gasteiger partial charge in [-0.05, 0) is 37.6 Å². The highest BCUT2D eigenvalue weighted by Gasteiger charge is 2.24. The van der Waals surface area contributed by atoms with Crippen LogP contribution in [0, 0.1) is 13.8 Å². The lowest BCUT2D eigenvalue weighted by Crippen LogP contribution is -2.50. The number of benzene rings is 2. The van der Waals surface area contributed by atoms with Gasteiger partial charge >= 0.3 is 0 Å². The molecule has 26 heavy (non-hydrogen) atoms. The fourth-order valence-corrected chi connectivity index (χ4v) is 3.17. The Hall–Kier alpha value is -2.66. The van der Waals surface area contributed by atoms with Crippen molar-refractivity contribution in [3.63, 3.8) is 0 Å². The van der Waals surface area contributed by atoms with Crippen molar-refractivity contribution in [1.29, 1.82) is 0 Å². The molecule has 0 radical (unpaired) electrons. The van der Waals surface area contributed by atoms with E-state index in [1.807, 2.05) is 67.3 Å². The quantitative estimate of drug-likeness (QED) is 0.921. The molecule has 0 saturated carbocycles. The smallest absolute Gasteiger partial charge is 0.254 e. The summed E-state index contributed by atoms with van der Waals surface area (Å²) in [5.41, 5.74) is 3.68. The van der Waals surface area contributed by atoms with Gasteiger partial charge in [0.05, 0.1) is 6.54 Å². The first-order chi connectivity index (χ1) is 12.5. The highest BCUT2D eigenvalue weighted by Crippen LogP contribution is 2.15. The highest BCUT2D eigenvalue weighted by atomic mass is 16.2. The first-order valence-corrected chi connectivity index (χ1v) is 8.97. The molecular weight excluding hydrogens is 326 g/mol. The van der Waals surface area contributed by atoms with E-state index in [1.165, 1.54) is 0 Å². The fourth-order valence-electron chi connectivity index (χ4n) is 3.17. The van der Waals surface area contributed by atoms with Crippen LogP contribution in [0.3, 0.4) is 0 Å². The average Bonchev–Trinajstić information content (AvgIpc) is 2.64. The Morgan fingerprint density at radius 1 is 0.962 bits per heavy atom. The minimum absolute atomic E-state index is 0.0227. The Morgan fingerprint density at radius 2 is 1.65 bits per heavy atom. The number of amides is 2. The molecule has 1 heterocycles. The molecule has 3 rings (SSSR count). The highest BCUT2D eigenvalue weighted by molar-refractivity contribution is 5.96. The maximum atomic E-state index is 12.8. The van der Waals surface area contributed by atoms with E-state index in [9.17, 15) is 9.59 Å². The predicted octanol–water partition coefficient (Wildman–Crippen LogP) is 2.70. The molecule has 1 N–H and O–H groups in total. The molecule has 2 amide bonds. The number of para-hydroxylation sites is 1. The summed E-state index contributed by atoms with van der Waals surface area (Å²) in [7, 11) is 0. The van der Waals surface area contributed by atoms with Crippen LogP contribution in [0.5, 0.6) is 0 Å². The molecule has 1 saturated heterocycles. The number of nitrogens with one attached hydrogen (secondary N) is 1. The molecule has 1 fully saturated rings. The van der Waals surface area contributed by atoms with Crippen LogP contribution in [0.2, 0.25) is 0 Å². The van der Waals surface area contributed by atoms with Gasteiger partial charge in [-0.1, -0.05) is 35.9 Å². The zero-order valence-electron chi connectivity index (χ0n) is 15.4. The Bertz CT molecular complexity index is 781. The number of piperazine rings is 1. The van der Waals surface area contributed by atoms with Crippen molar-refractivity contribution in [2.75, 3.05) is 38.0 Å². The molecule has 0 aromatic heterocycles. The van der Waals surface area contributed by atoms with Crippen LogP contribution >= 0.6 is 0 Å². The number of anilines is 1. The third-order valence-electron chi connectivity index (χ3n) is 4.71. The van der Waals surface area contributed by atoms with Gasteiger partial charge in [0.1, 0.15) is 0 Å². The predicted molar refractivity (Wildman–Crippen MR) is 103 cm³/mol. The van der Waals surface area contributed by atoms with Gasteiger partial charge in [-0.15, -0.1) is 0 Å². The normalized spacial score (nSPS) is 14.9. The Balaban J connectivity index is 1.51. The molecule has 5 heteroatoms. The second-order valence-electron chi connectivity index (χ2n) is 6.80. The molecule has 0 unspecified atom stereocenters. The zero-order chi connectivity index (χ0) is 18.5. The number of aryl methyl sites for hydroxylation is 2. The monoisotopic (exact) mass is 351 g/mol. The van der Waals surface area contributed by atoms with E-state index < -0.39 is 0 Å². The van der Waals surface area contributed by atoms with E-state index in [1.54, 1.807) is 0 Å². The topological polar surface area (TPSA) is 52.7 Å². The van der Waals surface area contributed by atoms with Gasteiger partial charge in [-0.2, -0.15) is 0 Å². The van der Waals surface area contributed by atoms with Crippen molar-refractivity contribution in [2.45, 2.75) is 13.8 Å². The Kier molecular flexibility index (Phi) is 5.68. The average molecular weight is 351 g/mol. The van der Waals surface area contributed by atoms with E-state index in [2.05, 4.69) is 10.2 Å². The van der Waals surface area contributed by atoms with Gasteiger partial charge in [-0.3, -0.25) is 14.5 Å². The Morgan fingerprint density at radius 3 is 2.35 bits per heavy atom. The zero-order valence-corrected chi connectivity index (χ0v) is 15.4. The molecule has 1 aliphatic rings. The van der Waals surface area contributed by atoms with Gasteiger partial charge in [0.2, 0.25) is 5.91 Å². The van der Waals surface area contributed by atoms with Gasteiger partial charge in [0.25, 0.3) is 5.91 Å². The maximum absolute atomic E-state index is 12.8. The third-order valence-corrected chi connectivity index (χ3v) is 4.71. The van der Waals surface area contributed by atoms with Crippen LogP contribution in [0.4, 0.5) is 5.69 Å². The van der Waals surface area contributed by atoms with Crippen molar-refractivity contribution in [2.24, 2.45) is 0 Å². The van der Waals surface area contributed by atoms with Crippen LogP contribution in [-0.2, 0) is 4.79 Å². The third kappa shape index (κ3) is 4.49. The molecular formula is C21H25N3O2. The van der Waals surface area contributed by atoms with Gasteiger partial charge in [0.15, 0.2) is 0 Å². The van der Waals surface area contributed by atoms with Crippen LogP contribution in [-0.4, -0.2) is 54.3 Å². The minimum atomic E-state index is -0.0227. The van der Waals surface area contributed by atoms with E-state index in [0.29, 0.717) is 32.7 Å². The van der Waals surface area contributed by atoms with Crippen LogP contribution < -0.4 is 5.32 Å². The minimum Gasteiger partial charge on any atom is -0.336 e. The van der Waals surface area contributed by atoms with E-state index in [0.717, 1.165) is 22.4 Å². The molecule has 0 spiro atoms. The van der Waals surface area contributed by atoms with Gasteiger partial charge in [-0.25, -0.2) is 0 Å². The van der Waals surface area contributed by atoms with E-state index >= 15 is 0 Å². The van der Waals surface area contributed by atoms with Crippen molar-refractivity contribution in [3.8, 4) is 0 Å². The Labute approximate surface area is 154 Å². The first kappa shape index (κ1) is 18.1. The summed E-state index contributed by atoms with van der Waals surface area (Å²) < 4.78 is 0. The first-order valence-electron chi connectivity index (χ1n) is 8.97. The molecule has 2 aromatic rings.